The molecule has 1 amide bonds. The normalized spacial score (nSPS) is 10.5. The van der Waals surface area contributed by atoms with E-state index >= 15 is 0 Å². The molecule has 0 unspecified atom stereocenters. The maximum atomic E-state index is 12.8. The summed E-state index contributed by atoms with van der Waals surface area (Å²) in [7, 11) is 1.50. The molecule has 0 saturated heterocycles. The Balaban J connectivity index is 1.94. The molecule has 0 aliphatic carbocycles. The van der Waals surface area contributed by atoms with Crippen LogP contribution in [0.1, 0.15) is 28.7 Å². The van der Waals surface area contributed by atoms with Crippen LogP contribution in [0, 0.1) is 24.0 Å². The van der Waals surface area contributed by atoms with E-state index in [0.29, 0.717) is 29.3 Å². The lowest BCUT2D eigenvalue weighted by Crippen LogP contribution is -2.14. The lowest BCUT2D eigenvalue weighted by Gasteiger charge is -2.12. The third-order valence-electron chi connectivity index (χ3n) is 4.56. The molecule has 3 rings (SSSR count). The molecular formula is C21H22N4O5. The Bertz CT molecular complexity index is 1110. The van der Waals surface area contributed by atoms with Gasteiger partial charge in [0.05, 0.1) is 35.0 Å². The van der Waals surface area contributed by atoms with E-state index in [1.807, 2.05) is 13.8 Å². The van der Waals surface area contributed by atoms with Crippen molar-refractivity contribution in [1.82, 2.24) is 9.78 Å². The third kappa shape index (κ3) is 4.24. The molecule has 1 N–H and O–H groups in total. The monoisotopic (exact) mass is 410 g/mol. The van der Waals surface area contributed by atoms with Crippen LogP contribution in [0.15, 0.2) is 42.5 Å². The van der Waals surface area contributed by atoms with Crippen molar-refractivity contribution in [2.24, 2.45) is 0 Å². The maximum Gasteiger partial charge on any atom is 0.275 e. The number of carbonyl (C=O) groups excluding carboxylic acids is 1. The molecule has 0 bridgehead atoms. The molecule has 1 aromatic heterocycles. The van der Waals surface area contributed by atoms with Crippen molar-refractivity contribution in [3.63, 3.8) is 0 Å². The Morgan fingerprint density at radius 2 is 1.90 bits per heavy atom. The van der Waals surface area contributed by atoms with Crippen LogP contribution in [0.3, 0.4) is 0 Å². The Morgan fingerprint density at radius 1 is 1.20 bits per heavy atom. The number of nitro groups is 1. The number of nitrogens with one attached hydrogen (secondary N) is 1. The van der Waals surface area contributed by atoms with Crippen molar-refractivity contribution >= 4 is 17.3 Å². The predicted molar refractivity (Wildman–Crippen MR) is 111 cm³/mol. The minimum atomic E-state index is -0.545. The fraction of sp³-hybridized carbons (Fsp3) is 0.238. The summed E-state index contributed by atoms with van der Waals surface area (Å²) in [5, 5.41) is 18.4. The minimum Gasteiger partial charge on any atom is -0.493 e. The van der Waals surface area contributed by atoms with Crippen LogP contribution >= 0.6 is 0 Å². The van der Waals surface area contributed by atoms with Gasteiger partial charge in [0, 0.05) is 24.4 Å². The van der Waals surface area contributed by atoms with Crippen molar-refractivity contribution in [2.45, 2.75) is 27.3 Å². The smallest absolute Gasteiger partial charge is 0.275 e. The van der Waals surface area contributed by atoms with Crippen molar-refractivity contribution < 1.29 is 19.2 Å². The Kier molecular flexibility index (Phi) is 6.01. The number of hydrogen-bond acceptors (Lipinski definition) is 6. The van der Waals surface area contributed by atoms with Crippen LogP contribution in [-0.2, 0) is 6.54 Å². The third-order valence-corrected chi connectivity index (χ3v) is 4.56. The van der Waals surface area contributed by atoms with Crippen LogP contribution < -0.4 is 14.8 Å². The van der Waals surface area contributed by atoms with Crippen LogP contribution in [0.5, 0.6) is 17.2 Å². The van der Waals surface area contributed by atoms with Crippen molar-refractivity contribution in [3.8, 4) is 17.2 Å². The zero-order valence-electron chi connectivity index (χ0n) is 17.1. The summed E-state index contributed by atoms with van der Waals surface area (Å²) in [6, 6.07) is 11.0. The number of nitro benzene ring substituents is 1. The molecule has 0 radical (unpaired) electrons. The molecule has 156 valence electrons. The topological polar surface area (TPSA) is 109 Å². The lowest BCUT2D eigenvalue weighted by molar-refractivity contribution is -0.384. The van der Waals surface area contributed by atoms with Crippen molar-refractivity contribution in [1.29, 1.82) is 0 Å². The second-order valence-corrected chi connectivity index (χ2v) is 6.54. The number of aryl methyl sites for hydroxylation is 2. The van der Waals surface area contributed by atoms with Gasteiger partial charge in [-0.25, -0.2) is 0 Å². The van der Waals surface area contributed by atoms with Gasteiger partial charge in [0.1, 0.15) is 5.75 Å². The first-order valence-corrected chi connectivity index (χ1v) is 9.29. The first-order valence-electron chi connectivity index (χ1n) is 9.29. The maximum absolute atomic E-state index is 12.8. The van der Waals surface area contributed by atoms with Crippen molar-refractivity contribution in [2.75, 3.05) is 12.4 Å². The number of ether oxygens (including phenoxy) is 2. The second-order valence-electron chi connectivity index (χ2n) is 6.54. The summed E-state index contributed by atoms with van der Waals surface area (Å²) in [6.07, 6.45) is 0. The van der Waals surface area contributed by atoms with Crippen LogP contribution in [0.2, 0.25) is 0 Å². The number of amides is 1. The Labute approximate surface area is 173 Å². The van der Waals surface area contributed by atoms with Gasteiger partial charge in [-0.05, 0) is 32.9 Å². The van der Waals surface area contributed by atoms with Gasteiger partial charge < -0.3 is 14.8 Å². The van der Waals surface area contributed by atoms with Gasteiger partial charge in [0.25, 0.3) is 11.6 Å². The fourth-order valence-corrected chi connectivity index (χ4v) is 3.18. The molecule has 0 atom stereocenters. The first kappa shape index (κ1) is 20.8. The van der Waals surface area contributed by atoms with Gasteiger partial charge in [-0.1, -0.05) is 12.1 Å². The molecular weight excluding hydrogens is 388 g/mol. The number of benzene rings is 2. The first-order chi connectivity index (χ1) is 14.3. The van der Waals surface area contributed by atoms with E-state index in [4.69, 9.17) is 9.47 Å². The van der Waals surface area contributed by atoms with E-state index in [9.17, 15) is 14.9 Å². The fourth-order valence-electron chi connectivity index (χ4n) is 3.18. The molecule has 30 heavy (non-hydrogen) atoms. The zero-order chi connectivity index (χ0) is 21.8. The van der Waals surface area contributed by atoms with E-state index in [2.05, 4.69) is 10.4 Å². The zero-order valence-corrected chi connectivity index (χ0v) is 17.1. The van der Waals surface area contributed by atoms with Gasteiger partial charge in [-0.3, -0.25) is 19.6 Å². The van der Waals surface area contributed by atoms with Gasteiger partial charge >= 0.3 is 0 Å². The largest absolute Gasteiger partial charge is 0.493 e. The molecule has 3 aromatic rings. The van der Waals surface area contributed by atoms with E-state index in [0.717, 1.165) is 5.69 Å². The second kappa shape index (κ2) is 8.64. The number of hydrogen-bond donors (Lipinski definition) is 1. The highest BCUT2D eigenvalue weighted by Gasteiger charge is 2.20. The van der Waals surface area contributed by atoms with E-state index in [-0.39, 0.29) is 17.1 Å². The van der Waals surface area contributed by atoms with E-state index in [1.54, 1.807) is 35.9 Å². The molecule has 0 spiro atoms. The van der Waals surface area contributed by atoms with Crippen LogP contribution in [-0.4, -0.2) is 27.7 Å². The molecule has 0 saturated carbocycles. The standard InChI is InChI=1S/C21H22N4O5/c1-5-24-14(3)20(13(2)23-24)21(26)22-15-10-16(25(27)28)12-17(11-15)30-19-9-7-6-8-18(19)29-4/h6-12H,5H2,1-4H3,(H,22,26). The highest BCUT2D eigenvalue weighted by atomic mass is 16.6. The summed E-state index contributed by atoms with van der Waals surface area (Å²) in [5.41, 5.74) is 1.78. The Morgan fingerprint density at radius 3 is 2.50 bits per heavy atom. The SMILES string of the molecule is CCn1nc(C)c(C(=O)Nc2cc(Oc3ccccc3OC)cc([N+](=O)[O-])c2)c1C. The number of para-hydroxylation sites is 2. The van der Waals surface area contributed by atoms with Gasteiger partial charge in [0.2, 0.25) is 0 Å². The molecule has 9 nitrogen and oxygen atoms in total. The predicted octanol–water partition coefficient (Wildman–Crippen LogP) is 4.48. The number of methoxy groups -OCH3 is 1. The van der Waals surface area contributed by atoms with Gasteiger partial charge in [-0.2, -0.15) is 5.10 Å². The number of aromatic nitrogens is 2. The van der Waals surface area contributed by atoms with Gasteiger partial charge in [-0.15, -0.1) is 0 Å². The minimum absolute atomic E-state index is 0.196. The summed E-state index contributed by atoms with van der Waals surface area (Å²) in [6.45, 7) is 6.12. The van der Waals surface area contributed by atoms with E-state index in [1.165, 1.54) is 25.3 Å². The summed E-state index contributed by atoms with van der Waals surface area (Å²) in [5.74, 6) is 0.677. The number of rotatable bonds is 7. The molecule has 1 heterocycles. The summed E-state index contributed by atoms with van der Waals surface area (Å²) >= 11 is 0. The highest BCUT2D eigenvalue weighted by Crippen LogP contribution is 2.34. The number of nitrogens with zero attached hydrogens (tertiary/aromatic N) is 3. The average molecular weight is 410 g/mol. The Hall–Kier alpha value is -3.88. The van der Waals surface area contributed by atoms with Crippen molar-refractivity contribution in [3.05, 3.63) is 69.5 Å². The summed E-state index contributed by atoms with van der Waals surface area (Å²) < 4.78 is 12.8. The highest BCUT2D eigenvalue weighted by molar-refractivity contribution is 6.06. The molecule has 9 heteroatoms. The number of carbonyl (C=O) groups is 1. The molecule has 0 aliphatic heterocycles. The number of non-ortho nitro benzene ring substituents is 1. The summed E-state index contributed by atoms with van der Waals surface area (Å²) in [4.78, 5) is 23.7. The quantitative estimate of drug-likeness (QED) is 0.454. The molecule has 2 aromatic carbocycles. The lowest BCUT2D eigenvalue weighted by atomic mass is 10.1. The molecule has 0 aliphatic rings. The van der Waals surface area contributed by atoms with Crippen LogP contribution in [0.25, 0.3) is 0 Å². The molecule has 0 fully saturated rings. The number of anilines is 1. The average Bonchev–Trinajstić information content (AvgIpc) is 3.01. The van der Waals surface area contributed by atoms with Gasteiger partial charge in [0.15, 0.2) is 11.5 Å². The van der Waals surface area contributed by atoms with E-state index < -0.39 is 10.8 Å². The van der Waals surface area contributed by atoms with Crippen LogP contribution in [0.4, 0.5) is 11.4 Å².